The second-order valence-electron chi connectivity index (χ2n) is 5.30. The van der Waals surface area contributed by atoms with E-state index in [2.05, 4.69) is 30.6 Å². The first kappa shape index (κ1) is 14.7. The monoisotopic (exact) mass is 279 g/mol. The molecule has 0 bridgehead atoms. The molecule has 0 saturated heterocycles. The van der Waals surface area contributed by atoms with Gasteiger partial charge in [-0.2, -0.15) is 11.8 Å². The van der Waals surface area contributed by atoms with E-state index in [1.807, 2.05) is 23.9 Å². The Bertz CT molecular complexity index is 396. The topological polar surface area (TPSA) is 21.3 Å². The molecule has 19 heavy (non-hydrogen) atoms. The van der Waals surface area contributed by atoms with Crippen LogP contribution in [0.2, 0.25) is 0 Å². The van der Waals surface area contributed by atoms with Gasteiger partial charge in [0.2, 0.25) is 0 Å². The molecule has 2 rings (SSSR count). The van der Waals surface area contributed by atoms with Crippen molar-refractivity contribution in [3.8, 4) is 5.75 Å². The third kappa shape index (κ3) is 3.67. The molecular formula is C16H25NOS. The summed E-state index contributed by atoms with van der Waals surface area (Å²) in [6.07, 6.45) is 7.61. The first-order valence-electron chi connectivity index (χ1n) is 7.18. The van der Waals surface area contributed by atoms with Crippen LogP contribution in [0.4, 0.5) is 0 Å². The van der Waals surface area contributed by atoms with E-state index >= 15 is 0 Å². The highest BCUT2D eigenvalue weighted by molar-refractivity contribution is 7.99. The van der Waals surface area contributed by atoms with Crippen LogP contribution < -0.4 is 10.1 Å². The fourth-order valence-electron chi connectivity index (χ4n) is 3.00. The van der Waals surface area contributed by atoms with Gasteiger partial charge in [-0.15, -0.1) is 0 Å². The van der Waals surface area contributed by atoms with E-state index in [0.717, 1.165) is 11.0 Å². The SMILES string of the molecule is COc1ccccc1C(C)NC1CCCCC1SC. The van der Waals surface area contributed by atoms with Crippen LogP contribution in [0.5, 0.6) is 5.75 Å². The van der Waals surface area contributed by atoms with Crippen molar-refractivity contribution in [3.63, 3.8) is 0 Å². The van der Waals surface area contributed by atoms with Gasteiger partial charge in [-0.3, -0.25) is 0 Å². The zero-order chi connectivity index (χ0) is 13.7. The summed E-state index contributed by atoms with van der Waals surface area (Å²) in [5, 5.41) is 4.57. The molecule has 0 aliphatic heterocycles. The van der Waals surface area contributed by atoms with Gasteiger partial charge in [0.15, 0.2) is 0 Å². The van der Waals surface area contributed by atoms with Crippen molar-refractivity contribution in [2.24, 2.45) is 0 Å². The molecule has 2 nitrogen and oxygen atoms in total. The lowest BCUT2D eigenvalue weighted by atomic mass is 9.93. The van der Waals surface area contributed by atoms with Crippen LogP contribution in [0.1, 0.15) is 44.2 Å². The Morgan fingerprint density at radius 2 is 2.00 bits per heavy atom. The zero-order valence-corrected chi connectivity index (χ0v) is 13.0. The molecule has 3 atom stereocenters. The molecule has 0 aromatic heterocycles. The largest absolute Gasteiger partial charge is 0.496 e. The smallest absolute Gasteiger partial charge is 0.123 e. The van der Waals surface area contributed by atoms with Crippen LogP contribution in [0.3, 0.4) is 0 Å². The highest BCUT2D eigenvalue weighted by Crippen LogP contribution is 2.31. The highest BCUT2D eigenvalue weighted by Gasteiger charge is 2.26. The van der Waals surface area contributed by atoms with Gasteiger partial charge in [-0.25, -0.2) is 0 Å². The van der Waals surface area contributed by atoms with Gasteiger partial charge in [0.1, 0.15) is 5.75 Å². The van der Waals surface area contributed by atoms with E-state index in [1.54, 1.807) is 7.11 Å². The Balaban J connectivity index is 2.05. The molecule has 0 radical (unpaired) electrons. The molecule has 1 aliphatic carbocycles. The average molecular weight is 279 g/mol. The lowest BCUT2D eigenvalue weighted by Gasteiger charge is -2.33. The number of para-hydroxylation sites is 1. The summed E-state index contributed by atoms with van der Waals surface area (Å²) in [6, 6.07) is 9.29. The fraction of sp³-hybridized carbons (Fsp3) is 0.625. The Kier molecular flexibility index (Phi) is 5.59. The molecule has 1 fully saturated rings. The van der Waals surface area contributed by atoms with E-state index in [4.69, 9.17) is 4.74 Å². The number of nitrogens with one attached hydrogen (secondary N) is 1. The van der Waals surface area contributed by atoms with Gasteiger partial charge in [0.25, 0.3) is 0 Å². The average Bonchev–Trinajstić information content (AvgIpc) is 2.47. The Labute approximate surface area is 121 Å². The second kappa shape index (κ2) is 7.20. The summed E-state index contributed by atoms with van der Waals surface area (Å²) in [7, 11) is 1.75. The maximum atomic E-state index is 5.46. The van der Waals surface area contributed by atoms with E-state index in [9.17, 15) is 0 Å². The summed E-state index contributed by atoms with van der Waals surface area (Å²) in [5.74, 6) is 0.985. The standard InChI is InChI=1S/C16H25NOS/c1-12(13-8-4-6-10-15(13)18-2)17-14-9-5-7-11-16(14)19-3/h4,6,8,10,12,14,16-17H,5,7,9,11H2,1-3H3. The summed E-state index contributed by atoms with van der Waals surface area (Å²) in [5.41, 5.74) is 1.26. The Morgan fingerprint density at radius 1 is 1.26 bits per heavy atom. The van der Waals surface area contributed by atoms with Crippen molar-refractivity contribution >= 4 is 11.8 Å². The van der Waals surface area contributed by atoms with Crippen LogP contribution >= 0.6 is 11.8 Å². The molecule has 106 valence electrons. The van der Waals surface area contributed by atoms with Crippen LogP contribution in [0.25, 0.3) is 0 Å². The molecule has 0 heterocycles. The van der Waals surface area contributed by atoms with Crippen molar-refractivity contribution in [1.29, 1.82) is 0 Å². The Morgan fingerprint density at radius 3 is 2.74 bits per heavy atom. The number of thioether (sulfide) groups is 1. The summed E-state index contributed by atoms with van der Waals surface area (Å²) < 4.78 is 5.46. The number of hydrogen-bond donors (Lipinski definition) is 1. The van der Waals surface area contributed by atoms with Gasteiger partial charge in [0, 0.05) is 22.9 Å². The maximum Gasteiger partial charge on any atom is 0.123 e. The minimum Gasteiger partial charge on any atom is -0.496 e. The van der Waals surface area contributed by atoms with Crippen molar-refractivity contribution in [2.75, 3.05) is 13.4 Å². The number of hydrogen-bond acceptors (Lipinski definition) is 3. The quantitative estimate of drug-likeness (QED) is 0.879. The molecule has 1 saturated carbocycles. The van der Waals surface area contributed by atoms with Crippen LogP contribution in [-0.2, 0) is 0 Å². The summed E-state index contributed by atoms with van der Waals surface area (Å²) in [4.78, 5) is 0. The first-order chi connectivity index (χ1) is 9.26. The van der Waals surface area contributed by atoms with Gasteiger partial charge >= 0.3 is 0 Å². The third-order valence-electron chi connectivity index (χ3n) is 4.07. The van der Waals surface area contributed by atoms with Gasteiger partial charge < -0.3 is 10.1 Å². The number of ether oxygens (including phenoxy) is 1. The second-order valence-corrected chi connectivity index (χ2v) is 6.37. The maximum absolute atomic E-state index is 5.46. The molecule has 0 amide bonds. The van der Waals surface area contributed by atoms with Crippen molar-refractivity contribution in [3.05, 3.63) is 29.8 Å². The van der Waals surface area contributed by atoms with Crippen LogP contribution in [-0.4, -0.2) is 24.7 Å². The van der Waals surface area contributed by atoms with Crippen molar-refractivity contribution in [1.82, 2.24) is 5.32 Å². The zero-order valence-electron chi connectivity index (χ0n) is 12.2. The molecule has 3 unspecified atom stereocenters. The molecule has 3 heteroatoms. The van der Waals surface area contributed by atoms with Gasteiger partial charge in [-0.1, -0.05) is 31.0 Å². The van der Waals surface area contributed by atoms with E-state index in [0.29, 0.717) is 12.1 Å². The number of methoxy groups -OCH3 is 1. The molecule has 1 aromatic carbocycles. The molecule has 1 aromatic rings. The van der Waals surface area contributed by atoms with Gasteiger partial charge in [0.05, 0.1) is 7.11 Å². The molecule has 0 spiro atoms. The summed E-state index contributed by atoms with van der Waals surface area (Å²) in [6.45, 7) is 2.24. The minimum atomic E-state index is 0.342. The van der Waals surface area contributed by atoms with Crippen molar-refractivity contribution < 1.29 is 4.74 Å². The first-order valence-corrected chi connectivity index (χ1v) is 8.46. The number of rotatable bonds is 5. The molecular weight excluding hydrogens is 254 g/mol. The number of benzene rings is 1. The fourth-order valence-corrected chi connectivity index (χ4v) is 3.95. The van der Waals surface area contributed by atoms with E-state index < -0.39 is 0 Å². The predicted octanol–water partition coefficient (Wildman–Crippen LogP) is 4.02. The lowest BCUT2D eigenvalue weighted by Crippen LogP contribution is -2.41. The molecule has 1 N–H and O–H groups in total. The predicted molar refractivity (Wildman–Crippen MR) is 84.1 cm³/mol. The lowest BCUT2D eigenvalue weighted by molar-refractivity contribution is 0.347. The van der Waals surface area contributed by atoms with Gasteiger partial charge in [-0.05, 0) is 32.1 Å². The van der Waals surface area contributed by atoms with E-state index in [-0.39, 0.29) is 0 Å². The minimum absolute atomic E-state index is 0.342. The van der Waals surface area contributed by atoms with Crippen LogP contribution in [0, 0.1) is 0 Å². The summed E-state index contributed by atoms with van der Waals surface area (Å²) >= 11 is 2.01. The highest BCUT2D eigenvalue weighted by atomic mass is 32.2. The third-order valence-corrected chi connectivity index (χ3v) is 5.24. The van der Waals surface area contributed by atoms with Crippen LogP contribution in [0.15, 0.2) is 24.3 Å². The Hall–Kier alpha value is -0.670. The van der Waals surface area contributed by atoms with Crippen molar-refractivity contribution in [2.45, 2.75) is 49.9 Å². The van der Waals surface area contributed by atoms with E-state index in [1.165, 1.54) is 31.2 Å². The normalized spacial score (nSPS) is 25.0. The molecule has 1 aliphatic rings.